The summed E-state index contributed by atoms with van der Waals surface area (Å²) in [7, 11) is 1.59. The van der Waals surface area contributed by atoms with Gasteiger partial charge in [-0.05, 0) is 57.8 Å². The molecule has 2 aliphatic rings. The van der Waals surface area contributed by atoms with Crippen molar-refractivity contribution in [3.05, 3.63) is 48.0 Å². The lowest BCUT2D eigenvalue weighted by molar-refractivity contribution is -0.137. The number of piperidine rings is 1. The largest absolute Gasteiger partial charge is 0.354 e. The molecule has 0 saturated carbocycles. The number of carbonyl (C=O) groups is 2. The van der Waals surface area contributed by atoms with Crippen molar-refractivity contribution in [2.24, 2.45) is 0 Å². The highest BCUT2D eigenvalue weighted by Gasteiger charge is 2.31. The van der Waals surface area contributed by atoms with Crippen LogP contribution in [0.1, 0.15) is 54.7 Å². The fourth-order valence-corrected chi connectivity index (χ4v) is 4.59. The molecule has 1 atom stereocenters. The van der Waals surface area contributed by atoms with Gasteiger partial charge in [0.25, 0.3) is 5.91 Å². The minimum atomic E-state index is -0.195. The van der Waals surface area contributed by atoms with Gasteiger partial charge in [-0.1, -0.05) is 12.1 Å². The van der Waals surface area contributed by atoms with Crippen molar-refractivity contribution in [2.45, 2.75) is 44.6 Å². The molecule has 31 heavy (non-hydrogen) atoms. The molecular weight excluding hydrogens is 390 g/mol. The lowest BCUT2D eigenvalue weighted by Crippen LogP contribution is -2.48. The molecule has 2 aliphatic heterocycles. The first-order chi connectivity index (χ1) is 15.1. The van der Waals surface area contributed by atoms with Crippen molar-refractivity contribution in [1.82, 2.24) is 25.1 Å². The number of likely N-dealkylation sites (tertiary alicyclic amines) is 2. The van der Waals surface area contributed by atoms with Gasteiger partial charge < -0.3 is 10.2 Å². The van der Waals surface area contributed by atoms with E-state index in [1.165, 1.54) is 12.8 Å². The Morgan fingerprint density at radius 3 is 2.16 bits per heavy atom. The van der Waals surface area contributed by atoms with Gasteiger partial charge in [0.2, 0.25) is 5.91 Å². The van der Waals surface area contributed by atoms with Gasteiger partial charge in [0, 0.05) is 55.3 Å². The predicted molar refractivity (Wildman–Crippen MR) is 120 cm³/mol. The number of hydrogen-bond acceptors (Lipinski definition) is 5. The third-order valence-electron chi connectivity index (χ3n) is 6.61. The minimum Gasteiger partial charge on any atom is -0.354 e. The maximum absolute atomic E-state index is 12.9. The van der Waals surface area contributed by atoms with Gasteiger partial charge in [0.15, 0.2) is 0 Å². The van der Waals surface area contributed by atoms with E-state index in [1.807, 2.05) is 17.2 Å². The SMILES string of the molecule is CNC(=O)c1ccc(-c2ccc(C3CCN(C(=O)[C@@H](C)N4CCCC4)CC3)nc2)cn1. The second kappa shape index (κ2) is 9.56. The van der Waals surface area contributed by atoms with E-state index in [-0.39, 0.29) is 17.9 Å². The highest BCUT2D eigenvalue weighted by Crippen LogP contribution is 2.29. The van der Waals surface area contributed by atoms with Crippen LogP contribution < -0.4 is 5.32 Å². The molecule has 0 spiro atoms. The van der Waals surface area contributed by atoms with Crippen molar-refractivity contribution in [3.8, 4) is 11.1 Å². The summed E-state index contributed by atoms with van der Waals surface area (Å²) in [5.41, 5.74) is 3.39. The van der Waals surface area contributed by atoms with Crippen LogP contribution in [0.4, 0.5) is 0 Å². The lowest BCUT2D eigenvalue weighted by Gasteiger charge is -2.35. The number of amides is 2. The minimum absolute atomic E-state index is 0.000132. The summed E-state index contributed by atoms with van der Waals surface area (Å²) < 4.78 is 0. The van der Waals surface area contributed by atoms with Crippen LogP contribution in [0.25, 0.3) is 11.1 Å². The van der Waals surface area contributed by atoms with Crippen LogP contribution in [0, 0.1) is 0 Å². The van der Waals surface area contributed by atoms with Crippen molar-refractivity contribution >= 4 is 11.8 Å². The molecule has 0 unspecified atom stereocenters. The zero-order chi connectivity index (χ0) is 21.8. The van der Waals surface area contributed by atoms with E-state index < -0.39 is 0 Å². The van der Waals surface area contributed by atoms with E-state index in [0.29, 0.717) is 11.6 Å². The fraction of sp³-hybridized carbons (Fsp3) is 0.500. The van der Waals surface area contributed by atoms with Crippen LogP contribution in [-0.4, -0.2) is 70.9 Å². The maximum Gasteiger partial charge on any atom is 0.269 e. The third-order valence-corrected chi connectivity index (χ3v) is 6.61. The number of carbonyl (C=O) groups excluding carboxylic acids is 2. The summed E-state index contributed by atoms with van der Waals surface area (Å²) in [5.74, 6) is 0.463. The Hall–Kier alpha value is -2.80. The van der Waals surface area contributed by atoms with Gasteiger partial charge in [-0.25, -0.2) is 0 Å². The summed E-state index contributed by atoms with van der Waals surface area (Å²) in [4.78, 5) is 37.8. The Morgan fingerprint density at radius 1 is 0.968 bits per heavy atom. The average molecular weight is 422 g/mol. The zero-order valence-corrected chi connectivity index (χ0v) is 18.4. The van der Waals surface area contributed by atoms with Gasteiger partial charge in [-0.15, -0.1) is 0 Å². The van der Waals surface area contributed by atoms with Crippen LogP contribution in [-0.2, 0) is 4.79 Å². The first-order valence-electron chi connectivity index (χ1n) is 11.2. The molecule has 0 bridgehead atoms. The van der Waals surface area contributed by atoms with E-state index in [2.05, 4.69) is 34.3 Å². The molecule has 2 aromatic heterocycles. The highest BCUT2D eigenvalue weighted by atomic mass is 16.2. The van der Waals surface area contributed by atoms with Gasteiger partial charge in [0.05, 0.1) is 6.04 Å². The van der Waals surface area contributed by atoms with E-state index in [9.17, 15) is 9.59 Å². The highest BCUT2D eigenvalue weighted by molar-refractivity contribution is 5.92. The van der Waals surface area contributed by atoms with Gasteiger partial charge >= 0.3 is 0 Å². The number of nitrogens with one attached hydrogen (secondary N) is 1. The molecule has 7 nitrogen and oxygen atoms in total. The fourth-order valence-electron chi connectivity index (χ4n) is 4.59. The first-order valence-corrected chi connectivity index (χ1v) is 11.2. The quantitative estimate of drug-likeness (QED) is 0.803. The molecule has 0 aromatic carbocycles. The topological polar surface area (TPSA) is 78.4 Å². The van der Waals surface area contributed by atoms with Crippen LogP contribution in [0.5, 0.6) is 0 Å². The van der Waals surface area contributed by atoms with Crippen molar-refractivity contribution in [1.29, 1.82) is 0 Å². The van der Waals surface area contributed by atoms with E-state index >= 15 is 0 Å². The molecule has 2 amide bonds. The number of hydrogen-bond donors (Lipinski definition) is 1. The van der Waals surface area contributed by atoms with Crippen molar-refractivity contribution in [2.75, 3.05) is 33.2 Å². The molecule has 1 N–H and O–H groups in total. The number of rotatable bonds is 5. The summed E-state index contributed by atoms with van der Waals surface area (Å²) in [6, 6.07) is 7.75. The van der Waals surface area contributed by atoms with Crippen LogP contribution in [0.15, 0.2) is 36.7 Å². The normalized spacial score (nSPS) is 18.7. The molecule has 4 heterocycles. The van der Waals surface area contributed by atoms with Gasteiger partial charge in [0.1, 0.15) is 5.69 Å². The molecule has 7 heteroatoms. The smallest absolute Gasteiger partial charge is 0.269 e. The monoisotopic (exact) mass is 421 g/mol. The summed E-state index contributed by atoms with van der Waals surface area (Å²) >= 11 is 0. The Kier molecular flexibility index (Phi) is 6.61. The Morgan fingerprint density at radius 2 is 1.61 bits per heavy atom. The predicted octanol–water partition coefficient (Wildman–Crippen LogP) is 2.69. The zero-order valence-electron chi connectivity index (χ0n) is 18.4. The Balaban J connectivity index is 1.34. The molecule has 164 valence electrons. The molecule has 2 aromatic rings. The maximum atomic E-state index is 12.9. The molecule has 0 aliphatic carbocycles. The number of pyridine rings is 2. The third kappa shape index (κ3) is 4.77. The summed E-state index contributed by atoms with van der Waals surface area (Å²) in [6.45, 7) is 5.75. The number of aromatic nitrogens is 2. The second-order valence-corrected chi connectivity index (χ2v) is 8.50. The standard InChI is InChI=1S/C24H31N5O2/c1-17(28-11-3-4-12-28)24(31)29-13-9-18(10-14-29)21-7-5-19(15-26-21)20-6-8-22(27-16-20)23(30)25-2/h5-8,15-18H,3-4,9-14H2,1-2H3,(H,25,30)/t17-/m1/s1. The molecule has 0 radical (unpaired) electrons. The Bertz CT molecular complexity index is 899. The average Bonchev–Trinajstić information content (AvgIpc) is 3.38. The molecular formula is C24H31N5O2. The molecule has 2 saturated heterocycles. The van der Waals surface area contributed by atoms with E-state index in [0.717, 1.165) is 55.8 Å². The van der Waals surface area contributed by atoms with Crippen LogP contribution in [0.2, 0.25) is 0 Å². The molecule has 2 fully saturated rings. The lowest BCUT2D eigenvalue weighted by atomic mass is 9.92. The van der Waals surface area contributed by atoms with E-state index in [1.54, 1.807) is 19.3 Å². The second-order valence-electron chi connectivity index (χ2n) is 8.50. The summed E-state index contributed by atoms with van der Waals surface area (Å²) in [5, 5.41) is 2.57. The van der Waals surface area contributed by atoms with Gasteiger partial charge in [-0.2, -0.15) is 0 Å². The van der Waals surface area contributed by atoms with Crippen LogP contribution in [0.3, 0.4) is 0 Å². The Labute approximate surface area is 183 Å². The van der Waals surface area contributed by atoms with Crippen molar-refractivity contribution in [3.63, 3.8) is 0 Å². The number of nitrogens with zero attached hydrogens (tertiary/aromatic N) is 4. The van der Waals surface area contributed by atoms with Gasteiger partial charge in [-0.3, -0.25) is 24.5 Å². The van der Waals surface area contributed by atoms with E-state index in [4.69, 9.17) is 4.98 Å². The first kappa shape index (κ1) is 21.4. The van der Waals surface area contributed by atoms with Crippen LogP contribution >= 0.6 is 0 Å². The molecule has 4 rings (SSSR count). The van der Waals surface area contributed by atoms with Crippen molar-refractivity contribution < 1.29 is 9.59 Å². The summed E-state index contributed by atoms with van der Waals surface area (Å²) in [6.07, 6.45) is 7.89.